The summed E-state index contributed by atoms with van der Waals surface area (Å²) in [5.41, 5.74) is 1.51. The van der Waals surface area contributed by atoms with Crippen molar-refractivity contribution in [3.63, 3.8) is 0 Å². The van der Waals surface area contributed by atoms with Gasteiger partial charge in [-0.25, -0.2) is 0 Å². The van der Waals surface area contributed by atoms with Crippen LogP contribution in [0.25, 0.3) is 0 Å². The number of carbonyl (C=O) groups is 1. The van der Waals surface area contributed by atoms with Gasteiger partial charge in [0.05, 0.1) is 0 Å². The van der Waals surface area contributed by atoms with Crippen molar-refractivity contribution in [1.82, 2.24) is 9.80 Å². The molecule has 6 heteroatoms. The largest absolute Gasteiger partial charge is 0.374 e. The molecule has 22 heavy (non-hydrogen) atoms. The number of hydrogen-bond donors (Lipinski definition) is 1. The van der Waals surface area contributed by atoms with Crippen LogP contribution in [-0.4, -0.2) is 48.9 Å². The molecule has 0 unspecified atom stereocenters. The van der Waals surface area contributed by atoms with Crippen LogP contribution in [0.5, 0.6) is 0 Å². The van der Waals surface area contributed by atoms with Crippen molar-refractivity contribution in [3.05, 3.63) is 40.6 Å². The van der Waals surface area contributed by atoms with Crippen molar-refractivity contribution >= 4 is 23.2 Å². The molecule has 5 nitrogen and oxygen atoms in total. The fraction of sp³-hybridized carbons (Fsp3) is 0.375. The number of hydrogen-bond acceptors (Lipinski definition) is 4. The maximum Gasteiger partial charge on any atom is 0.267 e. The minimum atomic E-state index is -0.410. The highest BCUT2D eigenvalue weighted by Gasteiger charge is 2.16. The maximum atomic E-state index is 12.3. The summed E-state index contributed by atoms with van der Waals surface area (Å²) in [4.78, 5) is 16.5. The van der Waals surface area contributed by atoms with Gasteiger partial charge < -0.3 is 15.1 Å². The van der Waals surface area contributed by atoms with Gasteiger partial charge in [0, 0.05) is 43.1 Å². The van der Waals surface area contributed by atoms with Crippen LogP contribution in [0, 0.1) is 18.3 Å². The molecule has 116 valence electrons. The van der Waals surface area contributed by atoms with Gasteiger partial charge in [0.15, 0.2) is 0 Å². The Morgan fingerprint density at radius 1 is 1.36 bits per heavy atom. The molecular formula is C16H19ClN4O. The molecule has 1 saturated heterocycles. The van der Waals surface area contributed by atoms with Crippen molar-refractivity contribution in [2.45, 2.75) is 6.92 Å². The van der Waals surface area contributed by atoms with Crippen molar-refractivity contribution in [2.75, 3.05) is 38.5 Å². The monoisotopic (exact) mass is 318 g/mol. The number of nitriles is 1. The lowest BCUT2D eigenvalue weighted by Crippen LogP contribution is -2.42. The van der Waals surface area contributed by atoms with E-state index in [4.69, 9.17) is 11.6 Å². The average molecular weight is 319 g/mol. The lowest BCUT2D eigenvalue weighted by atomic mass is 10.2. The summed E-state index contributed by atoms with van der Waals surface area (Å²) in [7, 11) is 2.06. The molecule has 1 heterocycles. The van der Waals surface area contributed by atoms with Gasteiger partial charge in [-0.15, -0.1) is 0 Å². The third kappa shape index (κ3) is 4.00. The molecule has 0 atom stereocenters. The lowest BCUT2D eigenvalue weighted by Gasteiger charge is -2.31. The highest BCUT2D eigenvalue weighted by atomic mass is 35.5. The minimum Gasteiger partial charge on any atom is -0.374 e. The van der Waals surface area contributed by atoms with E-state index in [1.54, 1.807) is 24.4 Å². The predicted molar refractivity (Wildman–Crippen MR) is 87.6 cm³/mol. The molecule has 0 saturated carbocycles. The Morgan fingerprint density at radius 2 is 2.05 bits per heavy atom. The summed E-state index contributed by atoms with van der Waals surface area (Å²) in [5, 5.41) is 12.6. The zero-order valence-corrected chi connectivity index (χ0v) is 13.5. The quantitative estimate of drug-likeness (QED) is 0.686. The van der Waals surface area contributed by atoms with Gasteiger partial charge in [0.25, 0.3) is 5.91 Å². The van der Waals surface area contributed by atoms with Crippen LogP contribution in [0.4, 0.5) is 5.69 Å². The first-order valence-corrected chi connectivity index (χ1v) is 7.50. The molecule has 1 N–H and O–H groups in total. The summed E-state index contributed by atoms with van der Waals surface area (Å²) in [6.45, 7) is 5.29. The normalized spacial score (nSPS) is 16.3. The van der Waals surface area contributed by atoms with Gasteiger partial charge in [-0.1, -0.05) is 17.7 Å². The number of amides is 1. The third-order valence-electron chi connectivity index (χ3n) is 3.73. The number of benzene rings is 1. The molecule has 0 aromatic heterocycles. The van der Waals surface area contributed by atoms with E-state index in [9.17, 15) is 10.1 Å². The van der Waals surface area contributed by atoms with Crippen molar-refractivity contribution < 1.29 is 4.79 Å². The van der Waals surface area contributed by atoms with Crippen LogP contribution >= 0.6 is 11.6 Å². The molecule has 0 spiro atoms. The van der Waals surface area contributed by atoms with Crippen molar-refractivity contribution in [3.8, 4) is 6.07 Å². The van der Waals surface area contributed by atoms with E-state index >= 15 is 0 Å². The van der Waals surface area contributed by atoms with Gasteiger partial charge in [-0.3, -0.25) is 4.79 Å². The molecule has 1 aromatic carbocycles. The van der Waals surface area contributed by atoms with Gasteiger partial charge in [0.2, 0.25) is 0 Å². The Bertz CT molecular complexity index is 628. The van der Waals surface area contributed by atoms with Crippen LogP contribution in [-0.2, 0) is 4.79 Å². The molecule has 0 radical (unpaired) electrons. The molecular weight excluding hydrogens is 300 g/mol. The Kier molecular flexibility index (Phi) is 5.42. The zero-order valence-electron chi connectivity index (χ0n) is 12.8. The van der Waals surface area contributed by atoms with Crippen LogP contribution in [0.15, 0.2) is 30.0 Å². The highest BCUT2D eigenvalue weighted by molar-refractivity contribution is 6.31. The standard InChI is InChI=1S/C16H19ClN4O/c1-12-14(17)4-3-5-15(12)19-16(22)13(10-18)11-21-8-6-20(2)7-9-21/h3-5,11H,6-9H2,1-2H3,(H,19,22)/b13-11-. The Balaban J connectivity index is 2.09. The van der Waals surface area contributed by atoms with E-state index < -0.39 is 5.91 Å². The van der Waals surface area contributed by atoms with E-state index in [-0.39, 0.29) is 5.57 Å². The molecule has 1 aliphatic heterocycles. The first-order chi connectivity index (χ1) is 10.5. The Labute approximate surface area is 135 Å². The van der Waals surface area contributed by atoms with Crippen molar-refractivity contribution in [1.29, 1.82) is 5.26 Å². The van der Waals surface area contributed by atoms with Crippen LogP contribution < -0.4 is 5.32 Å². The molecule has 1 aromatic rings. The second kappa shape index (κ2) is 7.30. The fourth-order valence-corrected chi connectivity index (χ4v) is 2.38. The lowest BCUT2D eigenvalue weighted by molar-refractivity contribution is -0.112. The Hall–Kier alpha value is -2.03. The summed E-state index contributed by atoms with van der Waals surface area (Å²) in [6.07, 6.45) is 1.64. The molecule has 0 aliphatic carbocycles. The summed E-state index contributed by atoms with van der Waals surface area (Å²) < 4.78 is 0. The molecule has 1 fully saturated rings. The van der Waals surface area contributed by atoms with Gasteiger partial charge in [-0.05, 0) is 31.7 Å². The number of piperazine rings is 1. The smallest absolute Gasteiger partial charge is 0.267 e. The molecule has 2 rings (SSSR count). The fourth-order valence-electron chi connectivity index (χ4n) is 2.20. The summed E-state index contributed by atoms with van der Waals surface area (Å²) in [6, 6.07) is 7.27. The van der Waals surface area contributed by atoms with E-state index in [0.717, 1.165) is 31.7 Å². The van der Waals surface area contributed by atoms with Crippen LogP contribution in [0.2, 0.25) is 5.02 Å². The third-order valence-corrected chi connectivity index (χ3v) is 4.14. The first-order valence-electron chi connectivity index (χ1n) is 7.12. The van der Waals surface area contributed by atoms with Gasteiger partial charge in [0.1, 0.15) is 11.6 Å². The topological polar surface area (TPSA) is 59.4 Å². The van der Waals surface area contributed by atoms with Crippen LogP contribution in [0.1, 0.15) is 5.56 Å². The maximum absolute atomic E-state index is 12.3. The molecule has 1 aliphatic rings. The molecule has 1 amide bonds. The number of likely N-dealkylation sites (N-methyl/N-ethyl adjacent to an activating group) is 1. The average Bonchev–Trinajstić information content (AvgIpc) is 2.51. The van der Waals surface area contributed by atoms with Crippen LogP contribution in [0.3, 0.4) is 0 Å². The second-order valence-electron chi connectivity index (χ2n) is 5.36. The predicted octanol–water partition coefficient (Wildman–Crippen LogP) is 2.24. The zero-order chi connectivity index (χ0) is 16.1. The number of carbonyl (C=O) groups excluding carboxylic acids is 1. The van der Waals surface area contributed by atoms with Crippen molar-refractivity contribution in [2.24, 2.45) is 0 Å². The SMILES string of the molecule is Cc1c(Cl)cccc1NC(=O)/C(C#N)=C\N1CCN(C)CC1. The Morgan fingerprint density at radius 3 is 2.68 bits per heavy atom. The molecule has 0 bridgehead atoms. The summed E-state index contributed by atoms with van der Waals surface area (Å²) in [5.74, 6) is -0.410. The first kappa shape index (κ1) is 16.3. The van der Waals surface area contributed by atoms with E-state index in [1.807, 2.05) is 17.9 Å². The number of anilines is 1. The minimum absolute atomic E-state index is 0.101. The van der Waals surface area contributed by atoms with E-state index in [0.29, 0.717) is 10.7 Å². The van der Waals surface area contributed by atoms with E-state index in [2.05, 4.69) is 17.3 Å². The second-order valence-corrected chi connectivity index (χ2v) is 5.77. The van der Waals surface area contributed by atoms with Gasteiger partial charge >= 0.3 is 0 Å². The van der Waals surface area contributed by atoms with E-state index in [1.165, 1.54) is 0 Å². The number of nitrogens with zero attached hydrogens (tertiary/aromatic N) is 3. The highest BCUT2D eigenvalue weighted by Crippen LogP contribution is 2.23. The number of halogens is 1. The number of rotatable bonds is 3. The number of nitrogens with one attached hydrogen (secondary N) is 1. The van der Waals surface area contributed by atoms with Gasteiger partial charge in [-0.2, -0.15) is 5.26 Å². The summed E-state index contributed by atoms with van der Waals surface area (Å²) >= 11 is 6.04.